The van der Waals surface area contributed by atoms with Gasteiger partial charge in [-0.2, -0.15) is 18.3 Å². The van der Waals surface area contributed by atoms with Crippen molar-refractivity contribution in [1.29, 1.82) is 0 Å². The fourth-order valence-corrected chi connectivity index (χ4v) is 2.87. The highest BCUT2D eigenvalue weighted by molar-refractivity contribution is 6.08. The van der Waals surface area contributed by atoms with Crippen LogP contribution in [0, 0.1) is 0 Å². The topological polar surface area (TPSA) is 138 Å². The molecule has 5 N–H and O–H groups in total. The van der Waals surface area contributed by atoms with Crippen LogP contribution < -0.4 is 21.5 Å². The number of aromatic nitrogens is 3. The Bertz CT molecular complexity index is 1140. The zero-order valence-corrected chi connectivity index (χ0v) is 16.8. The van der Waals surface area contributed by atoms with Gasteiger partial charge in [0.1, 0.15) is 28.6 Å². The molecule has 0 aliphatic rings. The van der Waals surface area contributed by atoms with Crippen LogP contribution in [0.4, 0.5) is 24.8 Å². The second kappa shape index (κ2) is 8.96. The Balaban J connectivity index is 1.93. The molecule has 3 aromatic rings. The molecule has 0 saturated heterocycles. The van der Waals surface area contributed by atoms with Crippen molar-refractivity contribution >= 4 is 23.5 Å². The zero-order chi connectivity index (χ0) is 23.5. The van der Waals surface area contributed by atoms with Crippen LogP contribution >= 0.6 is 0 Å². The molecule has 2 heterocycles. The number of ether oxygens (including phenoxy) is 1. The first kappa shape index (κ1) is 22.6. The zero-order valence-electron chi connectivity index (χ0n) is 16.8. The fourth-order valence-electron chi connectivity index (χ4n) is 2.87. The summed E-state index contributed by atoms with van der Waals surface area (Å²) in [7, 11) is 0. The summed E-state index contributed by atoms with van der Waals surface area (Å²) in [6.45, 7) is 1.39. The van der Waals surface area contributed by atoms with E-state index < -0.39 is 23.6 Å². The van der Waals surface area contributed by atoms with Gasteiger partial charge in [-0.05, 0) is 30.7 Å². The predicted octanol–water partition coefficient (Wildman–Crippen LogP) is 2.55. The lowest BCUT2D eigenvalue weighted by molar-refractivity contribution is -0.137. The molecule has 0 saturated carbocycles. The van der Waals surface area contributed by atoms with Crippen molar-refractivity contribution < 1.29 is 27.5 Å². The van der Waals surface area contributed by atoms with Gasteiger partial charge in [0.15, 0.2) is 6.61 Å². The lowest BCUT2D eigenvalue weighted by Crippen LogP contribution is -2.20. The molecule has 3 rings (SSSR count). The number of hydrogen-bond acceptors (Lipinski definition) is 6. The first-order valence-electron chi connectivity index (χ1n) is 9.34. The van der Waals surface area contributed by atoms with Crippen LogP contribution in [0.2, 0.25) is 0 Å². The van der Waals surface area contributed by atoms with Gasteiger partial charge in [0.25, 0.3) is 11.8 Å². The lowest BCUT2D eigenvalue weighted by atomic mass is 10.1. The second-order valence-electron chi connectivity index (χ2n) is 6.58. The number of nitrogen functional groups attached to an aromatic ring is 1. The minimum Gasteiger partial charge on any atom is -0.482 e. The molecule has 0 aliphatic heterocycles. The van der Waals surface area contributed by atoms with Gasteiger partial charge in [-0.25, -0.2) is 9.67 Å². The number of carbonyl (C=O) groups excluding carboxylic acids is 2. The van der Waals surface area contributed by atoms with Crippen molar-refractivity contribution in [3.8, 4) is 11.4 Å². The molecule has 168 valence electrons. The maximum Gasteiger partial charge on any atom is 0.417 e. The number of nitrogens with two attached hydrogens (primary N) is 2. The third kappa shape index (κ3) is 4.79. The number of hydrogen-bond donors (Lipinski definition) is 3. The van der Waals surface area contributed by atoms with Gasteiger partial charge in [-0.15, -0.1) is 0 Å². The van der Waals surface area contributed by atoms with Crippen molar-refractivity contribution in [3.63, 3.8) is 0 Å². The molecule has 0 aliphatic carbocycles. The van der Waals surface area contributed by atoms with Crippen LogP contribution in [0.3, 0.4) is 0 Å². The number of rotatable bonds is 7. The number of pyridine rings is 1. The number of carbonyl (C=O) groups is 2. The molecule has 0 bridgehead atoms. The largest absolute Gasteiger partial charge is 0.482 e. The Hall–Kier alpha value is -4.09. The number of anilines is 2. The van der Waals surface area contributed by atoms with Crippen LogP contribution in [-0.4, -0.2) is 33.2 Å². The van der Waals surface area contributed by atoms with E-state index in [-0.39, 0.29) is 29.6 Å². The molecule has 0 unspecified atom stereocenters. The van der Waals surface area contributed by atoms with E-state index in [4.69, 9.17) is 16.2 Å². The number of nitrogens with zero attached hydrogens (tertiary/aromatic N) is 3. The average Bonchev–Trinajstić information content (AvgIpc) is 3.08. The molecule has 9 nitrogen and oxygen atoms in total. The summed E-state index contributed by atoms with van der Waals surface area (Å²) in [6, 6.07) is 8.41. The van der Waals surface area contributed by atoms with Crippen molar-refractivity contribution in [1.82, 2.24) is 14.8 Å². The standard InChI is InChI=1S/C20H19F3N6O3/c1-2-12-17(19(31)27-16-8-7-11(9-26-16)20(21,22)23)18(25)29(28-12)13-5-3-4-6-14(13)32-10-15(24)30/h3-9H,2,10,25H2,1H3,(H2,24,30)(H,26,27,31). The third-order valence-corrected chi connectivity index (χ3v) is 4.35. The smallest absolute Gasteiger partial charge is 0.417 e. The van der Waals surface area contributed by atoms with Gasteiger partial charge in [0.05, 0.1) is 11.3 Å². The van der Waals surface area contributed by atoms with Crippen molar-refractivity contribution in [2.45, 2.75) is 19.5 Å². The highest BCUT2D eigenvalue weighted by Gasteiger charge is 2.31. The average molecular weight is 448 g/mol. The lowest BCUT2D eigenvalue weighted by Gasteiger charge is -2.11. The van der Waals surface area contributed by atoms with Gasteiger partial charge >= 0.3 is 6.18 Å². The Labute approximate surface area is 180 Å². The first-order chi connectivity index (χ1) is 15.1. The summed E-state index contributed by atoms with van der Waals surface area (Å²) in [5.74, 6) is -1.21. The SMILES string of the molecule is CCc1nn(-c2ccccc2OCC(N)=O)c(N)c1C(=O)Nc1ccc(C(F)(F)F)cn1. The van der Waals surface area contributed by atoms with Crippen LogP contribution in [0.5, 0.6) is 5.75 Å². The van der Waals surface area contributed by atoms with E-state index in [2.05, 4.69) is 15.4 Å². The number of aryl methyl sites for hydroxylation is 1. The molecule has 2 amide bonds. The van der Waals surface area contributed by atoms with Gasteiger partial charge in [-0.3, -0.25) is 9.59 Å². The van der Waals surface area contributed by atoms with E-state index in [1.807, 2.05) is 0 Å². The molecule has 0 atom stereocenters. The summed E-state index contributed by atoms with van der Waals surface area (Å²) in [6.07, 6.45) is -3.58. The van der Waals surface area contributed by atoms with Crippen LogP contribution in [0.1, 0.15) is 28.5 Å². The highest BCUT2D eigenvalue weighted by Crippen LogP contribution is 2.30. The Morgan fingerprint density at radius 1 is 1.19 bits per heavy atom. The fraction of sp³-hybridized carbons (Fsp3) is 0.200. The number of primary amides is 1. The first-order valence-corrected chi connectivity index (χ1v) is 9.34. The molecule has 0 fully saturated rings. The molecule has 0 radical (unpaired) electrons. The van der Waals surface area contributed by atoms with E-state index in [0.717, 1.165) is 12.1 Å². The molecule has 1 aromatic carbocycles. The van der Waals surface area contributed by atoms with Crippen molar-refractivity contribution in [2.24, 2.45) is 5.73 Å². The van der Waals surface area contributed by atoms with E-state index in [0.29, 0.717) is 24.0 Å². The molecular weight excluding hydrogens is 429 g/mol. The van der Waals surface area contributed by atoms with E-state index in [9.17, 15) is 22.8 Å². The van der Waals surface area contributed by atoms with Crippen molar-refractivity contribution in [2.75, 3.05) is 17.7 Å². The van der Waals surface area contributed by atoms with Crippen LogP contribution in [-0.2, 0) is 17.4 Å². The summed E-state index contributed by atoms with van der Waals surface area (Å²) >= 11 is 0. The monoisotopic (exact) mass is 448 g/mol. The molecular formula is C20H19F3N6O3. The summed E-state index contributed by atoms with van der Waals surface area (Å²) in [4.78, 5) is 27.5. The Morgan fingerprint density at radius 3 is 2.50 bits per heavy atom. The highest BCUT2D eigenvalue weighted by atomic mass is 19.4. The summed E-state index contributed by atoms with van der Waals surface area (Å²) in [5.41, 5.74) is 11.1. The molecule has 0 spiro atoms. The maximum atomic E-state index is 12.8. The number of nitrogens with one attached hydrogen (secondary N) is 1. The number of halogens is 3. The molecule has 12 heteroatoms. The normalized spacial score (nSPS) is 11.2. The summed E-state index contributed by atoms with van der Waals surface area (Å²) in [5, 5.41) is 6.79. The minimum absolute atomic E-state index is 0.0265. The number of amides is 2. The van der Waals surface area contributed by atoms with Crippen LogP contribution in [0.25, 0.3) is 5.69 Å². The number of para-hydroxylation sites is 2. The molecule has 2 aromatic heterocycles. The second-order valence-corrected chi connectivity index (χ2v) is 6.58. The predicted molar refractivity (Wildman–Crippen MR) is 109 cm³/mol. The van der Waals surface area contributed by atoms with Gasteiger partial charge in [-0.1, -0.05) is 19.1 Å². The van der Waals surface area contributed by atoms with E-state index in [1.165, 1.54) is 4.68 Å². The molecule has 32 heavy (non-hydrogen) atoms. The van der Waals surface area contributed by atoms with Gasteiger partial charge < -0.3 is 21.5 Å². The van der Waals surface area contributed by atoms with E-state index in [1.54, 1.807) is 31.2 Å². The van der Waals surface area contributed by atoms with Gasteiger partial charge in [0.2, 0.25) is 0 Å². The third-order valence-electron chi connectivity index (χ3n) is 4.35. The maximum absolute atomic E-state index is 12.8. The number of benzene rings is 1. The van der Waals surface area contributed by atoms with E-state index >= 15 is 0 Å². The Morgan fingerprint density at radius 2 is 1.91 bits per heavy atom. The van der Waals surface area contributed by atoms with Crippen LogP contribution in [0.15, 0.2) is 42.6 Å². The minimum atomic E-state index is -4.54. The number of alkyl halides is 3. The van der Waals surface area contributed by atoms with Crippen molar-refractivity contribution in [3.05, 3.63) is 59.4 Å². The van der Waals surface area contributed by atoms with Gasteiger partial charge in [0, 0.05) is 6.20 Å². The Kier molecular flexibility index (Phi) is 6.32. The summed E-state index contributed by atoms with van der Waals surface area (Å²) < 4.78 is 44.8. The quantitative estimate of drug-likeness (QED) is 0.508.